The van der Waals surface area contributed by atoms with Gasteiger partial charge >= 0.3 is 0 Å². The van der Waals surface area contributed by atoms with Crippen LogP contribution in [-0.2, 0) is 16.1 Å². The van der Waals surface area contributed by atoms with Crippen LogP contribution in [0.15, 0.2) is 36.4 Å². The number of rotatable bonds is 8. The first-order valence-electron chi connectivity index (χ1n) is 8.89. The average Bonchev–Trinajstić information content (AvgIpc) is 2.72. The number of amides is 2. The monoisotopic (exact) mass is 410 g/mol. The minimum Gasteiger partial charge on any atom is -0.497 e. The first kappa shape index (κ1) is 22.2. The summed E-state index contributed by atoms with van der Waals surface area (Å²) in [7, 11) is 3.19. The van der Waals surface area contributed by atoms with Gasteiger partial charge in [-0.2, -0.15) is 0 Å². The summed E-state index contributed by atoms with van der Waals surface area (Å²) in [5.41, 5.74) is 0.425. The quantitative estimate of drug-likeness (QED) is 0.574. The second-order valence-corrected chi connectivity index (χ2v) is 6.58. The fourth-order valence-corrected chi connectivity index (χ4v) is 2.53. The van der Waals surface area contributed by atoms with E-state index >= 15 is 0 Å². The van der Waals surface area contributed by atoms with Crippen molar-refractivity contribution in [1.29, 1.82) is 0 Å². The third-order valence-electron chi connectivity index (χ3n) is 4.51. The zero-order valence-corrected chi connectivity index (χ0v) is 16.3. The highest BCUT2D eigenvalue weighted by Gasteiger charge is 2.24. The van der Waals surface area contributed by atoms with Gasteiger partial charge in [-0.05, 0) is 36.8 Å². The first-order valence-corrected chi connectivity index (χ1v) is 8.89. The van der Waals surface area contributed by atoms with Crippen LogP contribution in [0.3, 0.4) is 0 Å². The van der Waals surface area contributed by atoms with Gasteiger partial charge in [-0.25, -0.2) is 13.2 Å². The molecule has 0 heterocycles. The molecule has 0 aliphatic carbocycles. The number of methoxy groups -OCH3 is 1. The lowest BCUT2D eigenvalue weighted by Gasteiger charge is -2.20. The molecule has 3 N–H and O–H groups in total. The number of carbonyl (C=O) groups excluding carboxylic acids is 2. The van der Waals surface area contributed by atoms with Crippen LogP contribution in [0, 0.1) is 17.5 Å². The molecule has 2 aromatic carbocycles. The summed E-state index contributed by atoms with van der Waals surface area (Å²) in [6.07, 6.45) is 0. The molecule has 0 spiro atoms. The average molecular weight is 410 g/mol. The third kappa shape index (κ3) is 5.95. The van der Waals surface area contributed by atoms with Crippen molar-refractivity contribution < 1.29 is 32.4 Å². The van der Waals surface area contributed by atoms with Crippen molar-refractivity contribution in [1.82, 2.24) is 5.32 Å². The lowest BCUT2D eigenvalue weighted by molar-refractivity contribution is -0.885. The number of likely N-dealkylation sites (N-methyl/N-ethyl adjacent to an activating group) is 1. The van der Waals surface area contributed by atoms with Gasteiger partial charge in [-0.15, -0.1) is 0 Å². The van der Waals surface area contributed by atoms with Crippen molar-refractivity contribution in [3.05, 3.63) is 59.4 Å². The summed E-state index contributed by atoms with van der Waals surface area (Å²) in [4.78, 5) is 24.9. The molecule has 0 fully saturated rings. The molecule has 0 aromatic heterocycles. The Morgan fingerprint density at radius 3 is 2.34 bits per heavy atom. The largest absolute Gasteiger partial charge is 0.497 e. The van der Waals surface area contributed by atoms with Gasteiger partial charge in [0.05, 0.1) is 19.8 Å². The summed E-state index contributed by atoms with van der Waals surface area (Å²) in [6, 6.07) is 8.29. The summed E-state index contributed by atoms with van der Waals surface area (Å²) in [6.45, 7) is 1.78. The lowest BCUT2D eigenvalue weighted by Crippen LogP contribution is -3.15. The second-order valence-electron chi connectivity index (χ2n) is 6.58. The Morgan fingerprint density at radius 2 is 1.72 bits per heavy atom. The van der Waals surface area contributed by atoms with E-state index in [1.54, 1.807) is 33.2 Å². The molecule has 0 saturated carbocycles. The van der Waals surface area contributed by atoms with Gasteiger partial charge in [0.15, 0.2) is 30.0 Å². The lowest BCUT2D eigenvalue weighted by atomic mass is 10.2. The predicted octanol–water partition coefficient (Wildman–Crippen LogP) is 1.27. The van der Waals surface area contributed by atoms with E-state index in [0.29, 0.717) is 17.2 Å². The molecule has 0 radical (unpaired) electrons. The summed E-state index contributed by atoms with van der Waals surface area (Å²) in [5.74, 6) is -4.67. The Kier molecular flexibility index (Phi) is 7.60. The molecule has 9 heteroatoms. The Hall–Kier alpha value is -3.07. The zero-order chi connectivity index (χ0) is 21.6. The van der Waals surface area contributed by atoms with Crippen molar-refractivity contribution in [2.75, 3.05) is 26.0 Å². The third-order valence-corrected chi connectivity index (χ3v) is 4.51. The highest BCUT2D eigenvalue weighted by Crippen LogP contribution is 2.19. The molecule has 0 aliphatic rings. The van der Waals surface area contributed by atoms with Crippen LogP contribution < -0.4 is 20.3 Å². The van der Waals surface area contributed by atoms with E-state index in [0.717, 1.165) is 17.7 Å². The standard InChI is InChI=1S/C20H22F3N3O3/c1-12(20(28)24-10-13-4-6-14(29-3)7-5-13)26(2)11-17(27)25-16-9-8-15(21)18(22)19(16)23/h4-9,12H,10-11H2,1-3H3,(H,24,28)(H,25,27)/p+1/t12-/m1/s1. The smallest absolute Gasteiger partial charge is 0.279 e. The van der Waals surface area contributed by atoms with E-state index in [4.69, 9.17) is 4.74 Å². The zero-order valence-electron chi connectivity index (χ0n) is 16.3. The Labute approximate surface area is 166 Å². The van der Waals surface area contributed by atoms with Crippen molar-refractivity contribution in [2.45, 2.75) is 19.5 Å². The summed E-state index contributed by atoms with van der Waals surface area (Å²) in [5, 5.41) is 4.97. The fraction of sp³-hybridized carbons (Fsp3) is 0.300. The second kappa shape index (κ2) is 9.92. The molecule has 2 atom stereocenters. The summed E-state index contributed by atoms with van der Waals surface area (Å²) >= 11 is 0. The Morgan fingerprint density at radius 1 is 1.07 bits per heavy atom. The van der Waals surface area contributed by atoms with Crippen molar-refractivity contribution >= 4 is 17.5 Å². The number of halogens is 3. The van der Waals surface area contributed by atoms with Crippen LogP contribution in [0.5, 0.6) is 5.75 Å². The van der Waals surface area contributed by atoms with E-state index < -0.39 is 35.1 Å². The van der Waals surface area contributed by atoms with E-state index in [2.05, 4.69) is 10.6 Å². The van der Waals surface area contributed by atoms with Crippen LogP contribution in [0.4, 0.5) is 18.9 Å². The highest BCUT2D eigenvalue weighted by molar-refractivity contribution is 5.91. The number of carbonyl (C=O) groups is 2. The van der Waals surface area contributed by atoms with Gasteiger partial charge in [0, 0.05) is 6.54 Å². The maximum Gasteiger partial charge on any atom is 0.279 e. The molecule has 2 rings (SSSR count). The SMILES string of the molecule is COc1ccc(CNC(=O)[C@@H](C)[NH+](C)CC(=O)Nc2ccc(F)c(F)c2F)cc1. The number of hydrogen-bond acceptors (Lipinski definition) is 3. The van der Waals surface area contributed by atoms with E-state index in [1.165, 1.54) is 0 Å². The van der Waals surface area contributed by atoms with Crippen LogP contribution in [0.25, 0.3) is 0 Å². The van der Waals surface area contributed by atoms with Crippen molar-refractivity contribution in [3.8, 4) is 5.75 Å². The molecule has 2 aromatic rings. The number of hydrogen-bond donors (Lipinski definition) is 3. The minimum absolute atomic E-state index is 0.171. The maximum absolute atomic E-state index is 13.6. The van der Waals surface area contributed by atoms with Gasteiger partial charge in [0.2, 0.25) is 0 Å². The maximum atomic E-state index is 13.6. The van der Waals surface area contributed by atoms with Crippen LogP contribution in [0.1, 0.15) is 12.5 Å². The van der Waals surface area contributed by atoms with Crippen LogP contribution in [-0.4, -0.2) is 38.6 Å². The number of ether oxygens (including phenoxy) is 1. The molecule has 1 unspecified atom stereocenters. The number of anilines is 1. The highest BCUT2D eigenvalue weighted by atomic mass is 19.2. The van der Waals surface area contributed by atoms with E-state index in [9.17, 15) is 22.8 Å². The number of nitrogens with one attached hydrogen (secondary N) is 3. The van der Waals surface area contributed by atoms with Gasteiger partial charge in [0.1, 0.15) is 5.75 Å². The first-order chi connectivity index (χ1) is 13.7. The molecular formula is C20H23F3N3O3+. The molecule has 2 amide bonds. The molecule has 0 saturated heterocycles. The van der Waals surface area contributed by atoms with E-state index in [1.807, 2.05) is 12.1 Å². The van der Waals surface area contributed by atoms with Crippen LogP contribution in [0.2, 0.25) is 0 Å². The minimum atomic E-state index is -1.66. The predicted molar refractivity (Wildman–Crippen MR) is 101 cm³/mol. The van der Waals surface area contributed by atoms with Gasteiger partial charge in [-0.1, -0.05) is 12.1 Å². The molecule has 6 nitrogen and oxygen atoms in total. The van der Waals surface area contributed by atoms with Gasteiger partial charge in [-0.3, -0.25) is 9.59 Å². The number of quaternary nitrogens is 1. The summed E-state index contributed by atoms with van der Waals surface area (Å²) < 4.78 is 44.9. The Bertz CT molecular complexity index is 875. The van der Waals surface area contributed by atoms with Gasteiger partial charge < -0.3 is 20.3 Å². The van der Waals surface area contributed by atoms with Crippen molar-refractivity contribution in [2.24, 2.45) is 0 Å². The van der Waals surface area contributed by atoms with Crippen LogP contribution >= 0.6 is 0 Å². The molecule has 29 heavy (non-hydrogen) atoms. The fourth-order valence-electron chi connectivity index (χ4n) is 2.53. The molecule has 0 bridgehead atoms. The van der Waals surface area contributed by atoms with Crippen molar-refractivity contribution in [3.63, 3.8) is 0 Å². The Balaban J connectivity index is 1.86. The van der Waals surface area contributed by atoms with E-state index in [-0.39, 0.29) is 12.5 Å². The molecule has 156 valence electrons. The normalized spacial score (nSPS) is 12.8. The number of benzene rings is 2. The van der Waals surface area contributed by atoms with Gasteiger partial charge in [0.25, 0.3) is 11.8 Å². The molecular weight excluding hydrogens is 387 g/mol. The molecule has 0 aliphatic heterocycles. The topological polar surface area (TPSA) is 71.9 Å².